The Morgan fingerprint density at radius 2 is 2.06 bits per heavy atom. The molecule has 1 aromatic rings. The first kappa shape index (κ1) is 11.9. The molecule has 2 rings (SSSR count). The lowest BCUT2D eigenvalue weighted by atomic mass is 10.1. The average molecular weight is 253 g/mol. The molecule has 0 radical (unpaired) electrons. The van der Waals surface area contributed by atoms with E-state index in [0.717, 1.165) is 5.69 Å². The Kier molecular flexibility index (Phi) is 3.33. The third-order valence-electron chi connectivity index (χ3n) is 2.88. The molecule has 0 spiro atoms. The predicted octanol–water partition coefficient (Wildman–Crippen LogP) is 1.44. The lowest BCUT2D eigenvalue weighted by Crippen LogP contribution is -2.30. The second-order valence-electron chi connectivity index (χ2n) is 4.00. The van der Waals surface area contributed by atoms with Crippen molar-refractivity contribution in [2.75, 3.05) is 18.5 Å². The van der Waals surface area contributed by atoms with Gasteiger partial charge in [-0.25, -0.2) is 0 Å². The van der Waals surface area contributed by atoms with Crippen LogP contribution in [0.1, 0.15) is 6.42 Å². The highest BCUT2D eigenvalue weighted by Gasteiger charge is 2.34. The summed E-state index contributed by atoms with van der Waals surface area (Å²) in [6.07, 6.45) is 0.266. The molecule has 4 nitrogen and oxygen atoms in total. The van der Waals surface area contributed by atoms with Crippen molar-refractivity contribution in [3.05, 3.63) is 29.3 Å². The number of amides is 2. The Morgan fingerprint density at radius 3 is 2.65 bits per heavy atom. The Hall–Kier alpha value is -1.55. The second kappa shape index (κ2) is 4.75. The van der Waals surface area contributed by atoms with Crippen LogP contribution >= 0.6 is 11.6 Å². The summed E-state index contributed by atoms with van der Waals surface area (Å²) < 4.78 is 0. The number of carbonyl (C=O) groups is 2. The lowest BCUT2D eigenvalue weighted by molar-refractivity contribution is -0.125. The number of carbonyl (C=O) groups excluding carboxylic acids is 2. The van der Waals surface area contributed by atoms with E-state index in [0.29, 0.717) is 11.6 Å². The van der Waals surface area contributed by atoms with E-state index >= 15 is 0 Å². The third-order valence-corrected chi connectivity index (χ3v) is 3.13. The highest BCUT2D eigenvalue weighted by molar-refractivity contribution is 6.30. The van der Waals surface area contributed by atoms with Crippen LogP contribution < -0.4 is 10.2 Å². The molecule has 1 fully saturated rings. The summed E-state index contributed by atoms with van der Waals surface area (Å²) >= 11 is 5.79. The van der Waals surface area contributed by atoms with Crippen molar-refractivity contribution in [3.8, 4) is 0 Å². The van der Waals surface area contributed by atoms with Gasteiger partial charge < -0.3 is 10.2 Å². The van der Waals surface area contributed by atoms with E-state index in [2.05, 4.69) is 5.32 Å². The second-order valence-corrected chi connectivity index (χ2v) is 4.43. The Labute approximate surface area is 105 Å². The van der Waals surface area contributed by atoms with Crippen LogP contribution in [-0.4, -0.2) is 25.4 Å². The van der Waals surface area contributed by atoms with Crippen LogP contribution in [0, 0.1) is 5.92 Å². The fourth-order valence-corrected chi connectivity index (χ4v) is 2.08. The Balaban J connectivity index is 2.15. The van der Waals surface area contributed by atoms with E-state index in [-0.39, 0.29) is 24.2 Å². The fraction of sp³-hybridized carbons (Fsp3) is 0.333. The van der Waals surface area contributed by atoms with Gasteiger partial charge in [0.25, 0.3) is 0 Å². The average Bonchev–Trinajstić information content (AvgIpc) is 2.71. The molecular weight excluding hydrogens is 240 g/mol. The van der Waals surface area contributed by atoms with E-state index in [1.807, 2.05) is 0 Å². The number of nitrogens with zero attached hydrogens (tertiary/aromatic N) is 1. The van der Waals surface area contributed by atoms with Gasteiger partial charge in [0.05, 0.1) is 5.92 Å². The van der Waals surface area contributed by atoms with Crippen molar-refractivity contribution in [2.24, 2.45) is 5.92 Å². The normalized spacial score (nSPS) is 19.5. The highest BCUT2D eigenvalue weighted by Crippen LogP contribution is 2.26. The molecule has 90 valence electrons. The maximum Gasteiger partial charge on any atom is 0.227 e. The van der Waals surface area contributed by atoms with Crippen molar-refractivity contribution < 1.29 is 9.59 Å². The summed E-state index contributed by atoms with van der Waals surface area (Å²) in [7, 11) is 1.58. The molecule has 0 bridgehead atoms. The molecule has 2 amide bonds. The van der Waals surface area contributed by atoms with Gasteiger partial charge in [-0.2, -0.15) is 0 Å². The minimum atomic E-state index is -0.261. The zero-order chi connectivity index (χ0) is 12.4. The molecule has 0 aliphatic carbocycles. The molecular formula is C12H13ClN2O2. The van der Waals surface area contributed by atoms with Gasteiger partial charge in [0, 0.05) is 30.7 Å². The number of rotatable bonds is 2. The largest absolute Gasteiger partial charge is 0.359 e. The van der Waals surface area contributed by atoms with Crippen LogP contribution in [0.5, 0.6) is 0 Å². The third kappa shape index (κ3) is 2.42. The van der Waals surface area contributed by atoms with Gasteiger partial charge in [0.15, 0.2) is 0 Å². The van der Waals surface area contributed by atoms with E-state index in [4.69, 9.17) is 11.6 Å². The standard InChI is InChI=1S/C12H13ClN2O2/c1-14-12(17)8-6-11(16)15(7-8)10-4-2-9(13)3-5-10/h2-5,8H,6-7H2,1H3,(H,14,17)/t8-/m1/s1. The first-order valence-electron chi connectivity index (χ1n) is 5.39. The predicted molar refractivity (Wildman–Crippen MR) is 66.0 cm³/mol. The van der Waals surface area contributed by atoms with Crippen molar-refractivity contribution in [1.82, 2.24) is 5.32 Å². The van der Waals surface area contributed by atoms with Gasteiger partial charge in [-0.15, -0.1) is 0 Å². The van der Waals surface area contributed by atoms with Crippen molar-refractivity contribution in [1.29, 1.82) is 0 Å². The number of anilines is 1. The quantitative estimate of drug-likeness (QED) is 0.866. The van der Waals surface area contributed by atoms with Crippen LogP contribution in [0.25, 0.3) is 0 Å². The van der Waals surface area contributed by atoms with E-state index in [1.54, 1.807) is 36.2 Å². The Bertz CT molecular complexity index is 444. The Morgan fingerprint density at radius 1 is 1.41 bits per heavy atom. The molecule has 17 heavy (non-hydrogen) atoms. The summed E-state index contributed by atoms with van der Waals surface area (Å²) in [4.78, 5) is 24.9. The molecule has 1 atom stereocenters. The molecule has 1 aliphatic heterocycles. The summed E-state index contributed by atoms with van der Waals surface area (Å²) in [5.74, 6) is -0.376. The lowest BCUT2D eigenvalue weighted by Gasteiger charge is -2.16. The van der Waals surface area contributed by atoms with E-state index in [1.165, 1.54) is 0 Å². The van der Waals surface area contributed by atoms with Crippen LogP contribution in [0.3, 0.4) is 0 Å². The van der Waals surface area contributed by atoms with Gasteiger partial charge in [0.2, 0.25) is 11.8 Å². The maximum atomic E-state index is 11.8. The highest BCUT2D eigenvalue weighted by atomic mass is 35.5. The number of halogens is 1. The van der Waals surface area contributed by atoms with Crippen LogP contribution in [-0.2, 0) is 9.59 Å². The molecule has 5 heteroatoms. The first-order valence-corrected chi connectivity index (χ1v) is 5.77. The van der Waals surface area contributed by atoms with Gasteiger partial charge in [-0.1, -0.05) is 11.6 Å². The minimum absolute atomic E-state index is 0.0269. The molecule has 1 heterocycles. The van der Waals surface area contributed by atoms with E-state index in [9.17, 15) is 9.59 Å². The summed E-state index contributed by atoms with van der Waals surface area (Å²) in [5, 5.41) is 3.20. The topological polar surface area (TPSA) is 49.4 Å². The molecule has 0 aromatic heterocycles. The number of nitrogens with one attached hydrogen (secondary N) is 1. The van der Waals surface area contributed by atoms with Gasteiger partial charge in [0.1, 0.15) is 0 Å². The zero-order valence-corrected chi connectivity index (χ0v) is 10.2. The fourth-order valence-electron chi connectivity index (χ4n) is 1.96. The summed E-state index contributed by atoms with van der Waals surface area (Å²) in [6, 6.07) is 7.04. The molecule has 1 aromatic carbocycles. The summed E-state index contributed by atoms with van der Waals surface area (Å²) in [6.45, 7) is 0.431. The number of hydrogen-bond donors (Lipinski definition) is 1. The smallest absolute Gasteiger partial charge is 0.227 e. The van der Waals surface area contributed by atoms with Crippen molar-refractivity contribution in [3.63, 3.8) is 0 Å². The first-order chi connectivity index (χ1) is 8.11. The zero-order valence-electron chi connectivity index (χ0n) is 9.44. The van der Waals surface area contributed by atoms with Crippen LogP contribution in [0.2, 0.25) is 5.02 Å². The van der Waals surface area contributed by atoms with Gasteiger partial charge in [-0.05, 0) is 24.3 Å². The van der Waals surface area contributed by atoms with E-state index < -0.39 is 0 Å². The minimum Gasteiger partial charge on any atom is -0.359 e. The van der Waals surface area contributed by atoms with Gasteiger partial charge in [-0.3, -0.25) is 9.59 Å². The van der Waals surface area contributed by atoms with Crippen LogP contribution in [0.4, 0.5) is 5.69 Å². The number of hydrogen-bond acceptors (Lipinski definition) is 2. The molecule has 1 aliphatic rings. The molecule has 0 unspecified atom stereocenters. The molecule has 0 saturated carbocycles. The van der Waals surface area contributed by atoms with Crippen molar-refractivity contribution in [2.45, 2.75) is 6.42 Å². The van der Waals surface area contributed by atoms with Crippen LogP contribution in [0.15, 0.2) is 24.3 Å². The van der Waals surface area contributed by atoms with Gasteiger partial charge >= 0.3 is 0 Å². The summed E-state index contributed by atoms with van der Waals surface area (Å²) in [5.41, 5.74) is 0.783. The maximum absolute atomic E-state index is 11.8. The molecule has 1 saturated heterocycles. The van der Waals surface area contributed by atoms with Crippen molar-refractivity contribution >= 4 is 29.1 Å². The molecule has 1 N–H and O–H groups in total. The SMILES string of the molecule is CNC(=O)[C@@H]1CC(=O)N(c2ccc(Cl)cc2)C1. The number of benzene rings is 1. The monoisotopic (exact) mass is 252 g/mol.